The Morgan fingerprint density at radius 2 is 1.14 bits per heavy atom. The van der Waals surface area contributed by atoms with Gasteiger partial charge in [-0.2, -0.15) is 0 Å². The molecule has 0 aliphatic heterocycles. The molecule has 0 aliphatic rings. The summed E-state index contributed by atoms with van der Waals surface area (Å²) in [6, 6.07) is 13.4. The minimum Gasteiger partial charge on any atom is -0.496 e. The van der Waals surface area contributed by atoms with Crippen molar-refractivity contribution in [2.75, 3.05) is 20.8 Å². The summed E-state index contributed by atoms with van der Waals surface area (Å²) in [7, 11) is 2.65. The summed E-state index contributed by atoms with van der Waals surface area (Å²) in [6.07, 6.45) is 0.0350. The van der Waals surface area contributed by atoms with Gasteiger partial charge < -0.3 is 14.2 Å². The Morgan fingerprint density at radius 1 is 0.700 bits per heavy atom. The lowest BCUT2D eigenvalue weighted by molar-refractivity contribution is -0.148. The quantitative estimate of drug-likeness (QED) is 0.0469. The highest BCUT2D eigenvalue weighted by molar-refractivity contribution is 6.67. The molecule has 0 amide bonds. The molecule has 0 fully saturated rings. The van der Waals surface area contributed by atoms with Crippen molar-refractivity contribution >= 4 is 57.6 Å². The van der Waals surface area contributed by atoms with Gasteiger partial charge in [0, 0.05) is 25.0 Å². The SMILES string of the molecule is CCOC(=O)C(C(C)=O)C(=O)c1cc(Cc2cccc(Cl)c2F)c(OC)cc1F.COc1cc(F)c(C(=O)Cl)cc1Cc1cccc(Cl)c1F. The van der Waals surface area contributed by atoms with Crippen LogP contribution >= 0.6 is 34.8 Å². The second-order valence-electron chi connectivity index (χ2n) is 10.5. The molecule has 4 aromatic rings. The first kappa shape index (κ1) is 40.0. The molecular formula is C36H29Cl3F4O7. The number of ether oxygens (including phenoxy) is 3. The number of Topliss-reactive ketones (excluding diaryl/α,β-unsaturated/α-hetero) is 2. The second kappa shape index (κ2) is 18.0. The number of halogens is 7. The summed E-state index contributed by atoms with van der Waals surface area (Å²) in [5.41, 5.74) is 0.453. The van der Waals surface area contributed by atoms with Crippen LogP contribution in [-0.4, -0.2) is 43.6 Å². The smallest absolute Gasteiger partial charge is 0.324 e. The molecule has 0 heterocycles. The molecule has 0 aromatic heterocycles. The van der Waals surface area contributed by atoms with Crippen molar-refractivity contribution in [2.24, 2.45) is 5.92 Å². The summed E-state index contributed by atoms with van der Waals surface area (Å²) in [5.74, 6) is -7.35. The number of esters is 1. The molecule has 0 spiro atoms. The first-order chi connectivity index (χ1) is 23.6. The van der Waals surface area contributed by atoms with Gasteiger partial charge in [-0.1, -0.05) is 47.5 Å². The number of hydrogen-bond donors (Lipinski definition) is 0. The Bertz CT molecular complexity index is 1930. The molecule has 0 N–H and O–H groups in total. The van der Waals surface area contributed by atoms with Crippen LogP contribution in [0.2, 0.25) is 10.0 Å². The normalized spacial score (nSPS) is 11.2. The van der Waals surface area contributed by atoms with Crippen LogP contribution < -0.4 is 9.47 Å². The van der Waals surface area contributed by atoms with Gasteiger partial charge in [-0.3, -0.25) is 19.2 Å². The van der Waals surface area contributed by atoms with Crippen LogP contribution in [0.4, 0.5) is 17.6 Å². The van der Waals surface area contributed by atoms with E-state index < -0.39 is 57.5 Å². The van der Waals surface area contributed by atoms with E-state index in [1.165, 1.54) is 45.4 Å². The Labute approximate surface area is 300 Å². The number of rotatable bonds is 12. The van der Waals surface area contributed by atoms with E-state index in [-0.39, 0.29) is 57.7 Å². The zero-order chi connectivity index (χ0) is 37.3. The van der Waals surface area contributed by atoms with Crippen LogP contribution in [0.25, 0.3) is 0 Å². The minimum atomic E-state index is -1.78. The predicted octanol–water partition coefficient (Wildman–Crippen LogP) is 8.77. The van der Waals surface area contributed by atoms with Crippen LogP contribution in [0.1, 0.15) is 56.8 Å². The second-order valence-corrected chi connectivity index (χ2v) is 11.7. The largest absolute Gasteiger partial charge is 0.496 e. The average molecular weight is 756 g/mol. The van der Waals surface area contributed by atoms with E-state index >= 15 is 0 Å². The molecule has 0 bridgehead atoms. The van der Waals surface area contributed by atoms with Crippen molar-refractivity contribution in [3.63, 3.8) is 0 Å². The number of methoxy groups -OCH3 is 2. The van der Waals surface area contributed by atoms with Gasteiger partial charge in [-0.25, -0.2) is 17.6 Å². The molecule has 0 aliphatic carbocycles. The monoisotopic (exact) mass is 754 g/mol. The molecule has 4 aromatic carbocycles. The van der Waals surface area contributed by atoms with Crippen LogP contribution in [0.5, 0.6) is 11.5 Å². The first-order valence-electron chi connectivity index (χ1n) is 14.6. The van der Waals surface area contributed by atoms with Gasteiger partial charge in [0.2, 0.25) is 0 Å². The van der Waals surface area contributed by atoms with Gasteiger partial charge in [0.05, 0.1) is 42.0 Å². The lowest BCUT2D eigenvalue weighted by Crippen LogP contribution is -2.32. The summed E-state index contributed by atoms with van der Waals surface area (Å²) in [4.78, 5) is 47.8. The number of carbonyl (C=O) groups is 4. The third-order valence-electron chi connectivity index (χ3n) is 7.23. The summed E-state index contributed by atoms with van der Waals surface area (Å²) in [5, 5.41) is -1.02. The molecule has 264 valence electrons. The van der Waals surface area contributed by atoms with E-state index in [4.69, 9.17) is 49.0 Å². The maximum atomic E-state index is 14.6. The molecule has 7 nitrogen and oxygen atoms in total. The zero-order valence-electron chi connectivity index (χ0n) is 27.0. The van der Waals surface area contributed by atoms with Crippen molar-refractivity contribution in [2.45, 2.75) is 26.7 Å². The Hall–Kier alpha value is -4.45. The van der Waals surface area contributed by atoms with E-state index in [1.807, 2.05) is 0 Å². The standard InChI is InChI=1S/C21H19ClF2O5.C15H10Cl2F2O2/c1-4-29-21(27)18(11(2)25)20(26)14-9-13(17(28-3)10-16(14)23)8-12-6-5-7-15(22)19(12)24;1-21-13-7-12(18)10(15(17)20)6-9(13)5-8-3-2-4-11(16)14(8)19/h5-7,9-10,18H,4,8H2,1-3H3;2-4,6-7H,5H2,1H3. The van der Waals surface area contributed by atoms with E-state index in [2.05, 4.69) is 0 Å². The zero-order valence-corrected chi connectivity index (χ0v) is 29.2. The summed E-state index contributed by atoms with van der Waals surface area (Å²) >= 11 is 16.8. The molecule has 1 unspecified atom stereocenters. The topological polar surface area (TPSA) is 96.0 Å². The van der Waals surface area contributed by atoms with E-state index in [0.29, 0.717) is 11.1 Å². The number of benzene rings is 4. The number of carbonyl (C=O) groups excluding carboxylic acids is 4. The fraction of sp³-hybridized carbons (Fsp3) is 0.222. The highest BCUT2D eigenvalue weighted by atomic mass is 35.5. The maximum Gasteiger partial charge on any atom is 0.324 e. The van der Waals surface area contributed by atoms with Gasteiger partial charge >= 0.3 is 5.97 Å². The minimum absolute atomic E-state index is 0.0118. The van der Waals surface area contributed by atoms with Crippen LogP contribution in [-0.2, 0) is 27.2 Å². The third kappa shape index (κ3) is 9.62. The van der Waals surface area contributed by atoms with Gasteiger partial charge in [0.1, 0.15) is 34.8 Å². The fourth-order valence-electron chi connectivity index (χ4n) is 4.81. The van der Waals surface area contributed by atoms with Crippen molar-refractivity contribution < 1.29 is 51.0 Å². The molecule has 50 heavy (non-hydrogen) atoms. The fourth-order valence-corrected chi connectivity index (χ4v) is 5.35. The molecular weight excluding hydrogens is 727 g/mol. The van der Waals surface area contributed by atoms with Gasteiger partial charge in [0.25, 0.3) is 5.24 Å². The van der Waals surface area contributed by atoms with E-state index in [1.54, 1.807) is 18.2 Å². The van der Waals surface area contributed by atoms with Crippen molar-refractivity contribution in [1.82, 2.24) is 0 Å². The van der Waals surface area contributed by atoms with Gasteiger partial charge in [0.15, 0.2) is 17.5 Å². The highest BCUT2D eigenvalue weighted by Gasteiger charge is 2.35. The molecule has 0 saturated carbocycles. The molecule has 0 saturated heterocycles. The molecule has 14 heteroatoms. The highest BCUT2D eigenvalue weighted by Crippen LogP contribution is 2.31. The third-order valence-corrected chi connectivity index (χ3v) is 8.02. The number of hydrogen-bond acceptors (Lipinski definition) is 7. The molecule has 4 rings (SSSR count). The average Bonchev–Trinajstić information content (AvgIpc) is 3.06. The van der Waals surface area contributed by atoms with E-state index in [9.17, 15) is 36.7 Å². The molecule has 0 radical (unpaired) electrons. The molecule has 1 atom stereocenters. The van der Waals surface area contributed by atoms with Crippen molar-refractivity contribution in [3.05, 3.63) is 127 Å². The predicted molar refractivity (Wildman–Crippen MR) is 180 cm³/mol. The van der Waals surface area contributed by atoms with Crippen LogP contribution in [0, 0.1) is 29.2 Å². The van der Waals surface area contributed by atoms with Crippen molar-refractivity contribution in [3.8, 4) is 11.5 Å². The van der Waals surface area contributed by atoms with Gasteiger partial charge in [-0.15, -0.1) is 0 Å². The summed E-state index contributed by atoms with van der Waals surface area (Å²) in [6.45, 7) is 2.52. The summed E-state index contributed by atoms with van der Waals surface area (Å²) < 4.78 is 71.4. The van der Waals surface area contributed by atoms with Crippen LogP contribution in [0.3, 0.4) is 0 Å². The lowest BCUT2D eigenvalue weighted by Gasteiger charge is -2.15. The Kier molecular flexibility index (Phi) is 14.4. The number of ketones is 2. The van der Waals surface area contributed by atoms with Crippen LogP contribution in [0.15, 0.2) is 60.7 Å². The van der Waals surface area contributed by atoms with Crippen molar-refractivity contribution in [1.29, 1.82) is 0 Å². The van der Waals surface area contributed by atoms with Gasteiger partial charge in [-0.05, 0) is 72.0 Å². The Balaban J connectivity index is 0.000000284. The van der Waals surface area contributed by atoms with E-state index in [0.717, 1.165) is 25.1 Å². The Morgan fingerprint density at radius 3 is 1.54 bits per heavy atom. The lowest BCUT2D eigenvalue weighted by atomic mass is 9.91. The first-order valence-corrected chi connectivity index (χ1v) is 15.8. The maximum absolute atomic E-state index is 14.6.